The number of carboxylic acid groups (broad SMARTS) is 1. The molecule has 2 aromatic rings. The van der Waals surface area contributed by atoms with Gasteiger partial charge in [0.15, 0.2) is 6.04 Å². The van der Waals surface area contributed by atoms with E-state index in [0.717, 1.165) is 21.6 Å². The molecule has 2 aliphatic heterocycles. The van der Waals surface area contributed by atoms with E-state index in [2.05, 4.69) is 10.6 Å². The van der Waals surface area contributed by atoms with Gasteiger partial charge in [0.05, 0.1) is 12.0 Å². The van der Waals surface area contributed by atoms with Crippen molar-refractivity contribution < 1.29 is 19.5 Å². The Kier molecular flexibility index (Phi) is 6.07. The summed E-state index contributed by atoms with van der Waals surface area (Å²) in [5.41, 5.74) is 2.55. The van der Waals surface area contributed by atoms with Crippen molar-refractivity contribution >= 4 is 17.9 Å². The van der Waals surface area contributed by atoms with Crippen molar-refractivity contribution in [2.24, 2.45) is 5.92 Å². The third-order valence-electron chi connectivity index (χ3n) is 5.80. The molecule has 1 fully saturated rings. The minimum absolute atomic E-state index is 0.102. The number of urea groups is 1. The quantitative estimate of drug-likeness (QED) is 0.610. The van der Waals surface area contributed by atoms with Crippen LogP contribution in [0.5, 0.6) is 0 Å². The predicted octanol–water partition coefficient (Wildman–Crippen LogP) is 3.22. The number of carbonyl (C=O) groups is 3. The van der Waals surface area contributed by atoms with Crippen LogP contribution in [0.4, 0.5) is 4.79 Å². The first kappa shape index (κ1) is 21.4. The van der Waals surface area contributed by atoms with Crippen LogP contribution in [-0.4, -0.2) is 40.0 Å². The molecule has 0 spiro atoms. The Morgan fingerprint density at radius 2 is 1.66 bits per heavy atom. The zero-order valence-electron chi connectivity index (χ0n) is 17.6. The predicted molar refractivity (Wildman–Crippen MR) is 119 cm³/mol. The smallest absolute Gasteiger partial charge is 0.327 e. The minimum atomic E-state index is -1.20. The number of aliphatic carboxylic acids is 1. The van der Waals surface area contributed by atoms with Crippen molar-refractivity contribution in [1.82, 2.24) is 15.5 Å². The molecule has 0 aromatic heterocycles. The number of hydrogen-bond donors (Lipinski definition) is 3. The molecule has 2 aliphatic rings. The Hall–Kier alpha value is -3.87. The van der Waals surface area contributed by atoms with Gasteiger partial charge < -0.3 is 15.7 Å². The maximum absolute atomic E-state index is 13.1. The number of carboxylic acids is 1. The maximum Gasteiger partial charge on any atom is 0.327 e. The number of imide groups is 1. The highest BCUT2D eigenvalue weighted by molar-refractivity contribution is 6.07. The zero-order valence-corrected chi connectivity index (χ0v) is 17.6. The van der Waals surface area contributed by atoms with Crippen LogP contribution < -0.4 is 10.6 Å². The van der Waals surface area contributed by atoms with Crippen molar-refractivity contribution in [1.29, 1.82) is 0 Å². The van der Waals surface area contributed by atoms with Crippen LogP contribution in [0.2, 0.25) is 0 Å². The second kappa shape index (κ2) is 9.09. The lowest BCUT2D eigenvalue weighted by atomic mass is 9.81. The normalized spacial score (nSPS) is 22.1. The van der Waals surface area contributed by atoms with E-state index in [1.54, 1.807) is 6.20 Å². The summed E-state index contributed by atoms with van der Waals surface area (Å²) in [5.74, 6) is -2.44. The fourth-order valence-electron chi connectivity index (χ4n) is 4.22. The molecule has 1 saturated heterocycles. The van der Waals surface area contributed by atoms with Crippen LogP contribution in [0, 0.1) is 5.92 Å². The second-order valence-corrected chi connectivity index (χ2v) is 8.04. The summed E-state index contributed by atoms with van der Waals surface area (Å²) < 4.78 is 0. The van der Waals surface area contributed by atoms with E-state index >= 15 is 0 Å². The highest BCUT2D eigenvalue weighted by atomic mass is 16.4. The Morgan fingerprint density at radius 1 is 1.06 bits per heavy atom. The van der Waals surface area contributed by atoms with E-state index in [1.807, 2.05) is 79.7 Å². The number of hydrogen-bond acceptors (Lipinski definition) is 4. The van der Waals surface area contributed by atoms with Gasteiger partial charge in [0.2, 0.25) is 5.91 Å². The first-order valence-electron chi connectivity index (χ1n) is 10.5. The van der Waals surface area contributed by atoms with Crippen molar-refractivity contribution in [3.8, 4) is 0 Å². The number of rotatable bonds is 6. The molecule has 2 heterocycles. The maximum atomic E-state index is 13.1. The summed E-state index contributed by atoms with van der Waals surface area (Å²) in [4.78, 5) is 38.7. The van der Waals surface area contributed by atoms with Gasteiger partial charge in [-0.2, -0.15) is 0 Å². The highest BCUT2D eigenvalue weighted by Gasteiger charge is 2.55. The van der Waals surface area contributed by atoms with Crippen molar-refractivity contribution in [3.63, 3.8) is 0 Å². The van der Waals surface area contributed by atoms with E-state index in [0.29, 0.717) is 0 Å². The number of nitrogens with one attached hydrogen (secondary N) is 2. The molecule has 7 heteroatoms. The van der Waals surface area contributed by atoms with E-state index in [1.165, 1.54) is 0 Å². The lowest BCUT2D eigenvalue weighted by Gasteiger charge is -2.43. The number of nitrogens with zero attached hydrogens (tertiary/aromatic N) is 1. The Bertz CT molecular complexity index is 1030. The van der Waals surface area contributed by atoms with E-state index in [9.17, 15) is 19.5 Å². The van der Waals surface area contributed by atoms with Gasteiger partial charge in [-0.25, -0.2) is 14.5 Å². The van der Waals surface area contributed by atoms with E-state index in [-0.39, 0.29) is 12.5 Å². The van der Waals surface area contributed by atoms with Gasteiger partial charge in [-0.1, -0.05) is 66.7 Å². The van der Waals surface area contributed by atoms with Crippen LogP contribution >= 0.6 is 0 Å². The van der Waals surface area contributed by atoms with Crippen molar-refractivity contribution in [3.05, 3.63) is 95.7 Å². The summed E-state index contributed by atoms with van der Waals surface area (Å²) in [5, 5.41) is 15.7. The third-order valence-corrected chi connectivity index (χ3v) is 5.80. The molecule has 3 atom stereocenters. The molecule has 7 nitrogen and oxygen atoms in total. The van der Waals surface area contributed by atoms with Crippen molar-refractivity contribution in [2.45, 2.75) is 31.5 Å². The molecule has 3 N–H and O–H groups in total. The molecule has 3 amide bonds. The van der Waals surface area contributed by atoms with Gasteiger partial charge in [0.1, 0.15) is 0 Å². The summed E-state index contributed by atoms with van der Waals surface area (Å²) >= 11 is 0. The number of dihydropyridines is 1. The van der Waals surface area contributed by atoms with E-state index in [4.69, 9.17) is 0 Å². The standard InChI is InChI=1S/C25H25N3O4/c1-16-14-17(12-13-26-16)15-20-22(24(30)31)28(23(20)29)25(32)27-21(18-8-4-2-5-9-18)19-10-6-3-7-11-19/h2-14,16,20-22,26H,15H2,1H3,(H,27,32)(H,30,31)/t16-,20+,22-/m0/s1. The van der Waals surface area contributed by atoms with Gasteiger partial charge in [-0.3, -0.25) is 4.79 Å². The molecule has 0 saturated carbocycles. The molecule has 2 aromatic carbocycles. The minimum Gasteiger partial charge on any atom is -0.480 e. The SMILES string of the molecule is C[C@H]1C=C(C[C@H]2C(=O)N(C(=O)NC(c3ccccc3)c3ccccc3)[C@@H]2C(=O)O)C=CN1. The molecule has 0 aliphatic carbocycles. The monoisotopic (exact) mass is 431 g/mol. The number of allylic oxidation sites excluding steroid dienone is 2. The first-order chi connectivity index (χ1) is 15.5. The third kappa shape index (κ3) is 4.27. The average Bonchev–Trinajstić information content (AvgIpc) is 2.80. The van der Waals surface area contributed by atoms with Gasteiger partial charge in [0, 0.05) is 6.04 Å². The fourth-order valence-corrected chi connectivity index (χ4v) is 4.22. The fraction of sp³-hybridized carbons (Fsp3) is 0.240. The molecule has 32 heavy (non-hydrogen) atoms. The number of amides is 3. The summed E-state index contributed by atoms with van der Waals surface area (Å²) in [7, 11) is 0. The van der Waals surface area contributed by atoms with Gasteiger partial charge >= 0.3 is 12.0 Å². The van der Waals surface area contributed by atoms with Crippen molar-refractivity contribution in [2.75, 3.05) is 0 Å². The van der Waals surface area contributed by atoms with Gasteiger partial charge in [-0.05, 0) is 42.3 Å². The largest absolute Gasteiger partial charge is 0.480 e. The molecule has 164 valence electrons. The molecule has 0 radical (unpaired) electrons. The summed E-state index contributed by atoms with van der Waals surface area (Å²) in [6, 6.07) is 16.4. The number of carbonyl (C=O) groups excluding carboxylic acids is 2. The summed E-state index contributed by atoms with van der Waals surface area (Å²) in [6.07, 6.45) is 5.85. The molecule has 0 unspecified atom stereocenters. The zero-order chi connectivity index (χ0) is 22.7. The Balaban J connectivity index is 1.54. The first-order valence-corrected chi connectivity index (χ1v) is 10.5. The molecule has 0 bridgehead atoms. The molecular formula is C25H25N3O4. The number of likely N-dealkylation sites (tertiary alicyclic amines) is 1. The van der Waals surface area contributed by atoms with E-state index < -0.39 is 35.9 Å². The van der Waals surface area contributed by atoms with Gasteiger partial charge in [-0.15, -0.1) is 0 Å². The average molecular weight is 431 g/mol. The molecular weight excluding hydrogens is 406 g/mol. The van der Waals surface area contributed by atoms with Crippen LogP contribution in [0.3, 0.4) is 0 Å². The van der Waals surface area contributed by atoms with Gasteiger partial charge in [0.25, 0.3) is 0 Å². The van der Waals surface area contributed by atoms with Crippen LogP contribution in [0.15, 0.2) is 84.6 Å². The lowest BCUT2D eigenvalue weighted by molar-refractivity contribution is -0.165. The van der Waals surface area contributed by atoms with Crippen LogP contribution in [-0.2, 0) is 9.59 Å². The Morgan fingerprint density at radius 3 is 2.19 bits per heavy atom. The summed E-state index contributed by atoms with van der Waals surface area (Å²) in [6.45, 7) is 1.97. The lowest BCUT2D eigenvalue weighted by Crippen LogP contribution is -2.68. The second-order valence-electron chi connectivity index (χ2n) is 8.04. The highest BCUT2D eigenvalue weighted by Crippen LogP contribution is 2.34. The number of benzene rings is 2. The van der Waals surface area contributed by atoms with Crippen LogP contribution in [0.25, 0.3) is 0 Å². The Labute approximate surface area is 186 Å². The molecule has 4 rings (SSSR count). The topological polar surface area (TPSA) is 98.7 Å². The number of β-lactam (4-membered cyclic amide) rings is 1. The van der Waals surface area contributed by atoms with Crippen LogP contribution in [0.1, 0.15) is 30.5 Å².